The number of carbonyl (C=O) groups is 2. The summed E-state index contributed by atoms with van der Waals surface area (Å²) in [5, 5.41) is 19.2. The third kappa shape index (κ3) is 6.10. The van der Waals surface area contributed by atoms with E-state index in [0.29, 0.717) is 12.8 Å². The van der Waals surface area contributed by atoms with Gasteiger partial charge in [-0.15, -0.1) is 0 Å². The van der Waals surface area contributed by atoms with Crippen LogP contribution in [0, 0.1) is 20.8 Å². The van der Waals surface area contributed by atoms with Crippen molar-refractivity contribution >= 4 is 67.3 Å². The maximum absolute atomic E-state index is 11.7. The molecule has 6 heterocycles. The van der Waals surface area contributed by atoms with Crippen LogP contribution in [0.5, 0.6) is 0 Å². The van der Waals surface area contributed by atoms with E-state index in [2.05, 4.69) is 80.8 Å². The smallest absolute Gasteiger partial charge is 0.303 e. The van der Waals surface area contributed by atoms with Gasteiger partial charge in [0.1, 0.15) is 0 Å². The Bertz CT molecular complexity index is 2350. The zero-order chi connectivity index (χ0) is 36.0. The Balaban J connectivity index is 1.82. The van der Waals surface area contributed by atoms with Crippen LogP contribution >= 0.6 is 0 Å². The van der Waals surface area contributed by atoms with Crippen molar-refractivity contribution in [1.29, 1.82) is 0 Å². The highest BCUT2D eigenvalue weighted by Crippen LogP contribution is 2.40. The molecule has 4 aromatic rings. The minimum atomic E-state index is -0.837. The molecule has 0 unspecified atom stereocenters. The van der Waals surface area contributed by atoms with Gasteiger partial charge in [-0.2, -0.15) is 0 Å². The van der Waals surface area contributed by atoms with Crippen LogP contribution in [0.15, 0.2) is 24.3 Å². The molecule has 0 fully saturated rings. The summed E-state index contributed by atoms with van der Waals surface area (Å²) in [7, 11) is 0. The summed E-state index contributed by atoms with van der Waals surface area (Å²) in [6, 6.07) is 8.40. The summed E-state index contributed by atoms with van der Waals surface area (Å²) in [6.07, 6.45) is 3.23. The van der Waals surface area contributed by atoms with Crippen molar-refractivity contribution in [3.05, 3.63) is 80.4 Å². The quantitative estimate of drug-likeness (QED) is 0.120. The van der Waals surface area contributed by atoms with Gasteiger partial charge in [0, 0.05) is 45.9 Å². The minimum absolute atomic E-state index is 0.0225. The van der Waals surface area contributed by atoms with Crippen molar-refractivity contribution in [3.63, 3.8) is 0 Å². The van der Waals surface area contributed by atoms with Gasteiger partial charge in [-0.3, -0.25) is 9.59 Å². The van der Waals surface area contributed by atoms with Gasteiger partial charge in [0.25, 0.3) is 0 Å². The monoisotopic (exact) mass is 673 g/mol. The number of aliphatic carboxylic acids is 2. The topological polar surface area (TPSA) is 148 Å². The third-order valence-corrected chi connectivity index (χ3v) is 10.7. The molecule has 2 aliphatic heterocycles. The van der Waals surface area contributed by atoms with Gasteiger partial charge in [0.05, 0.1) is 22.8 Å². The Morgan fingerprint density at radius 3 is 1.28 bits per heavy atom. The van der Waals surface area contributed by atoms with Gasteiger partial charge in [-0.1, -0.05) is 20.8 Å². The normalized spacial score (nSPS) is 13.1. The lowest BCUT2D eigenvalue weighted by Crippen LogP contribution is -1.97. The fourth-order valence-corrected chi connectivity index (χ4v) is 7.77. The largest absolute Gasteiger partial charge is 0.481 e. The van der Waals surface area contributed by atoms with Crippen molar-refractivity contribution in [1.82, 2.24) is 24.9 Å². The Morgan fingerprint density at radius 1 is 0.540 bits per heavy atom. The first-order chi connectivity index (χ1) is 23.9. The van der Waals surface area contributed by atoms with E-state index in [1.165, 1.54) is 0 Å². The number of aryl methyl sites for hydroxylation is 6. The van der Waals surface area contributed by atoms with Crippen LogP contribution in [0.1, 0.15) is 116 Å². The van der Waals surface area contributed by atoms with Crippen LogP contribution in [-0.2, 0) is 28.9 Å². The van der Waals surface area contributed by atoms with Gasteiger partial charge in [0.15, 0.2) is 0 Å². The molecular formula is C41H47N5O4. The molecule has 10 bridgehead atoms. The SMILES string of the molecule is CCC1=C(C)c2nc1cc1[nH]c(cc3[nH]c(cc4[nH]c(cc5nc2C(C)=C5CC)c(C)c4CCC(=O)O)c(CC)c3C)c(CCC(=O)O)c1C. The molecule has 0 amide bonds. The van der Waals surface area contributed by atoms with Gasteiger partial charge in [-0.05, 0) is 147 Å². The second-order valence-corrected chi connectivity index (χ2v) is 13.5. The summed E-state index contributed by atoms with van der Waals surface area (Å²) in [5.74, 6) is -1.67. The number of rotatable bonds is 9. The molecule has 4 aromatic heterocycles. The van der Waals surface area contributed by atoms with E-state index in [1.807, 2.05) is 13.8 Å². The third-order valence-electron chi connectivity index (χ3n) is 10.7. The molecule has 0 aliphatic carbocycles. The van der Waals surface area contributed by atoms with E-state index >= 15 is 0 Å². The number of hydrogen-bond acceptors (Lipinski definition) is 4. The Labute approximate surface area is 292 Å². The zero-order valence-electron chi connectivity index (χ0n) is 30.4. The predicted octanol–water partition coefficient (Wildman–Crippen LogP) is 9.56. The molecule has 9 nitrogen and oxygen atoms in total. The van der Waals surface area contributed by atoms with Gasteiger partial charge >= 0.3 is 11.9 Å². The molecule has 9 heteroatoms. The Kier molecular flexibility index (Phi) is 9.44. The van der Waals surface area contributed by atoms with Crippen molar-refractivity contribution in [2.75, 3.05) is 0 Å². The van der Waals surface area contributed by atoms with Crippen LogP contribution in [-0.4, -0.2) is 47.1 Å². The average Bonchev–Trinajstić information content (AvgIpc) is 3.81. The fourth-order valence-electron chi connectivity index (χ4n) is 7.77. The summed E-state index contributed by atoms with van der Waals surface area (Å²) in [4.78, 5) is 44.8. The highest BCUT2D eigenvalue weighted by molar-refractivity contribution is 5.99. The lowest BCUT2D eigenvalue weighted by Gasteiger charge is -2.02. The highest BCUT2D eigenvalue weighted by Gasteiger charge is 2.25. The number of fused-ring (bicyclic) bond motifs is 11. The molecule has 0 saturated carbocycles. The molecule has 6 rings (SSSR count). The average molecular weight is 674 g/mol. The summed E-state index contributed by atoms with van der Waals surface area (Å²) >= 11 is 0. The number of carboxylic acid groups (broad SMARTS) is 2. The summed E-state index contributed by atoms with van der Waals surface area (Å²) < 4.78 is 0. The fraction of sp³-hybridized carbons (Fsp3) is 0.366. The Morgan fingerprint density at radius 2 is 0.900 bits per heavy atom. The first-order valence-corrected chi connectivity index (χ1v) is 17.7. The van der Waals surface area contributed by atoms with E-state index < -0.39 is 11.9 Å². The number of carboxylic acids is 2. The van der Waals surface area contributed by atoms with Crippen LogP contribution < -0.4 is 0 Å². The molecule has 0 saturated heterocycles. The lowest BCUT2D eigenvalue weighted by molar-refractivity contribution is -0.138. The molecule has 2 aliphatic rings. The number of allylic oxidation sites excluding steroid dienone is 4. The number of aromatic nitrogens is 5. The number of hydrogen-bond donors (Lipinski definition) is 5. The summed E-state index contributed by atoms with van der Waals surface area (Å²) in [6.45, 7) is 16.9. The van der Waals surface area contributed by atoms with Crippen LogP contribution in [0.3, 0.4) is 0 Å². The van der Waals surface area contributed by atoms with Gasteiger partial charge < -0.3 is 25.2 Å². The first-order valence-electron chi connectivity index (χ1n) is 17.7. The molecule has 0 aromatic carbocycles. The number of aromatic amines is 3. The van der Waals surface area contributed by atoms with Gasteiger partial charge in [0.2, 0.25) is 0 Å². The molecule has 5 N–H and O–H groups in total. The highest BCUT2D eigenvalue weighted by atomic mass is 16.4. The van der Waals surface area contributed by atoms with E-state index in [1.54, 1.807) is 0 Å². The molecule has 0 radical (unpaired) electrons. The second-order valence-electron chi connectivity index (χ2n) is 13.5. The Hall–Kier alpha value is -5.18. The minimum Gasteiger partial charge on any atom is -0.481 e. The maximum atomic E-state index is 11.7. The number of H-pyrrole nitrogens is 3. The molecule has 0 atom stereocenters. The second kappa shape index (κ2) is 13.6. The van der Waals surface area contributed by atoms with E-state index in [4.69, 9.17) is 9.97 Å². The van der Waals surface area contributed by atoms with Crippen LogP contribution in [0.25, 0.3) is 55.4 Å². The maximum Gasteiger partial charge on any atom is 0.303 e. The first kappa shape index (κ1) is 34.7. The standard InChI is InChI=1S/C41H47N5O4/c1-9-25-20(4)30-18-36-28(12-14-38(47)48)21(5)31(43-36)16-34-26(10-2)23(7)40(45-34)41-24(8)27(11-3)35(46-41)17-32-22(6)29(13-15-39(49)50)37(44-32)19-33(25)42-30/h16-19,42-44H,9-15H2,1-8H3,(H,47,48)(H,49,50). The molecule has 0 spiro atoms. The molecule has 50 heavy (non-hydrogen) atoms. The van der Waals surface area contributed by atoms with Crippen molar-refractivity contribution < 1.29 is 19.8 Å². The van der Waals surface area contributed by atoms with E-state index in [0.717, 1.165) is 131 Å². The van der Waals surface area contributed by atoms with E-state index in [9.17, 15) is 19.8 Å². The number of nitrogens with zero attached hydrogens (tertiary/aromatic N) is 2. The van der Waals surface area contributed by atoms with Crippen molar-refractivity contribution in [2.45, 2.75) is 100 Å². The van der Waals surface area contributed by atoms with Crippen molar-refractivity contribution in [2.24, 2.45) is 0 Å². The molecule has 260 valence electrons. The predicted molar refractivity (Wildman–Crippen MR) is 203 cm³/mol. The molecular weight excluding hydrogens is 626 g/mol. The van der Waals surface area contributed by atoms with Crippen molar-refractivity contribution in [3.8, 4) is 0 Å². The van der Waals surface area contributed by atoms with Crippen LogP contribution in [0.2, 0.25) is 0 Å². The van der Waals surface area contributed by atoms with Crippen LogP contribution in [0.4, 0.5) is 0 Å². The van der Waals surface area contributed by atoms with Gasteiger partial charge in [-0.25, -0.2) is 9.97 Å². The summed E-state index contributed by atoms with van der Waals surface area (Å²) in [5.41, 5.74) is 19.7. The lowest BCUT2D eigenvalue weighted by atomic mass is 9.99. The zero-order valence-corrected chi connectivity index (χ0v) is 30.4. The van der Waals surface area contributed by atoms with E-state index in [-0.39, 0.29) is 12.8 Å². The number of nitrogens with one attached hydrogen (secondary N) is 3.